The number of hydrogen-bond donors (Lipinski definition) is 1. The summed E-state index contributed by atoms with van der Waals surface area (Å²) in [4.78, 5) is 4.46. The summed E-state index contributed by atoms with van der Waals surface area (Å²) in [7, 11) is 1.64. The minimum Gasteiger partial charge on any atom is -0.493 e. The topological polar surface area (TPSA) is 57.4 Å². The highest BCUT2D eigenvalue weighted by Crippen LogP contribution is 2.33. The van der Waals surface area contributed by atoms with Crippen molar-refractivity contribution in [2.75, 3.05) is 13.7 Å². The Labute approximate surface area is 117 Å². The molecule has 0 atom stereocenters. The molecule has 0 aliphatic rings. The van der Waals surface area contributed by atoms with Crippen LogP contribution in [0.3, 0.4) is 0 Å². The van der Waals surface area contributed by atoms with Crippen molar-refractivity contribution in [3.8, 4) is 22.1 Å². The van der Waals surface area contributed by atoms with Crippen LogP contribution in [0.2, 0.25) is 0 Å². The van der Waals surface area contributed by atoms with Gasteiger partial charge in [0.2, 0.25) is 0 Å². The van der Waals surface area contributed by atoms with Gasteiger partial charge in [0.1, 0.15) is 5.01 Å². The third kappa shape index (κ3) is 3.24. The number of thiazole rings is 1. The van der Waals surface area contributed by atoms with Crippen LogP contribution >= 0.6 is 11.3 Å². The van der Waals surface area contributed by atoms with Crippen molar-refractivity contribution in [1.82, 2.24) is 4.98 Å². The average molecular weight is 278 g/mol. The minimum absolute atomic E-state index is 0.464. The highest BCUT2D eigenvalue weighted by Gasteiger charge is 2.09. The molecule has 0 radical (unpaired) electrons. The molecule has 0 unspecified atom stereocenters. The van der Waals surface area contributed by atoms with E-state index in [1.807, 2.05) is 23.6 Å². The van der Waals surface area contributed by atoms with Gasteiger partial charge in [0.05, 0.1) is 19.4 Å². The van der Waals surface area contributed by atoms with Gasteiger partial charge in [0.15, 0.2) is 11.5 Å². The van der Waals surface area contributed by atoms with E-state index in [1.165, 1.54) is 0 Å². The van der Waals surface area contributed by atoms with Crippen LogP contribution in [0.25, 0.3) is 10.6 Å². The molecule has 0 aliphatic carbocycles. The number of methoxy groups -OCH3 is 1. The second kappa shape index (κ2) is 6.54. The Morgan fingerprint density at radius 2 is 2.16 bits per heavy atom. The van der Waals surface area contributed by atoms with E-state index in [1.54, 1.807) is 18.4 Å². The monoisotopic (exact) mass is 278 g/mol. The lowest BCUT2D eigenvalue weighted by Crippen LogP contribution is -1.98. The minimum atomic E-state index is 0.464. The maximum Gasteiger partial charge on any atom is 0.161 e. The molecule has 4 nitrogen and oxygen atoms in total. The van der Waals surface area contributed by atoms with Gasteiger partial charge in [-0.2, -0.15) is 0 Å². The Morgan fingerprint density at radius 3 is 2.79 bits per heavy atom. The second-order valence-electron chi connectivity index (χ2n) is 4.06. The number of aromatic nitrogens is 1. The van der Waals surface area contributed by atoms with Gasteiger partial charge in [-0.3, -0.25) is 0 Å². The van der Waals surface area contributed by atoms with Crippen molar-refractivity contribution in [3.63, 3.8) is 0 Å². The maximum absolute atomic E-state index is 5.63. The summed E-state index contributed by atoms with van der Waals surface area (Å²) in [6, 6.07) is 5.87. The van der Waals surface area contributed by atoms with Crippen LogP contribution < -0.4 is 15.2 Å². The molecule has 19 heavy (non-hydrogen) atoms. The lowest BCUT2D eigenvalue weighted by Gasteiger charge is -2.10. The number of nitrogens with two attached hydrogens (primary N) is 1. The van der Waals surface area contributed by atoms with E-state index < -0.39 is 0 Å². The SMILES string of the molecule is CCCOc1ccc(-c2nc(CN)cs2)cc1OC. The Balaban J connectivity index is 2.27. The van der Waals surface area contributed by atoms with Crippen LogP contribution in [-0.2, 0) is 6.54 Å². The summed E-state index contributed by atoms with van der Waals surface area (Å²) in [5.41, 5.74) is 7.50. The fourth-order valence-electron chi connectivity index (χ4n) is 1.67. The zero-order valence-corrected chi connectivity index (χ0v) is 12.0. The van der Waals surface area contributed by atoms with Crippen LogP contribution in [0, 0.1) is 0 Å². The van der Waals surface area contributed by atoms with E-state index in [4.69, 9.17) is 15.2 Å². The van der Waals surface area contributed by atoms with Crippen LogP contribution in [0.4, 0.5) is 0 Å². The molecule has 102 valence electrons. The Morgan fingerprint density at radius 1 is 1.32 bits per heavy atom. The summed E-state index contributed by atoms with van der Waals surface area (Å²) < 4.78 is 11.0. The molecule has 2 rings (SSSR count). The quantitative estimate of drug-likeness (QED) is 0.882. The van der Waals surface area contributed by atoms with E-state index in [0.29, 0.717) is 13.2 Å². The van der Waals surface area contributed by atoms with Gasteiger partial charge >= 0.3 is 0 Å². The van der Waals surface area contributed by atoms with Gasteiger partial charge in [-0.1, -0.05) is 6.92 Å². The smallest absolute Gasteiger partial charge is 0.161 e. The average Bonchev–Trinajstić information content (AvgIpc) is 2.93. The Bertz CT molecular complexity index is 540. The van der Waals surface area contributed by atoms with Crippen LogP contribution in [-0.4, -0.2) is 18.7 Å². The van der Waals surface area contributed by atoms with Crippen molar-refractivity contribution in [1.29, 1.82) is 0 Å². The van der Waals surface area contributed by atoms with Gasteiger partial charge in [0.25, 0.3) is 0 Å². The number of nitrogens with zero attached hydrogens (tertiary/aromatic N) is 1. The molecular formula is C14H18N2O2S. The van der Waals surface area contributed by atoms with Gasteiger partial charge in [0, 0.05) is 17.5 Å². The van der Waals surface area contributed by atoms with E-state index in [0.717, 1.165) is 34.2 Å². The molecule has 2 N–H and O–H groups in total. The van der Waals surface area contributed by atoms with E-state index >= 15 is 0 Å². The van der Waals surface area contributed by atoms with Crippen LogP contribution in [0.1, 0.15) is 19.0 Å². The molecule has 0 saturated carbocycles. The molecule has 2 aromatic rings. The molecule has 5 heteroatoms. The van der Waals surface area contributed by atoms with Gasteiger partial charge in [-0.05, 0) is 24.6 Å². The second-order valence-corrected chi connectivity index (χ2v) is 4.92. The van der Waals surface area contributed by atoms with Crippen molar-refractivity contribution < 1.29 is 9.47 Å². The highest BCUT2D eigenvalue weighted by molar-refractivity contribution is 7.13. The largest absolute Gasteiger partial charge is 0.493 e. The summed E-state index contributed by atoms with van der Waals surface area (Å²) in [5.74, 6) is 1.50. The summed E-state index contributed by atoms with van der Waals surface area (Å²) >= 11 is 1.58. The molecule has 1 aromatic carbocycles. The summed E-state index contributed by atoms with van der Waals surface area (Å²) in [6.45, 7) is 3.22. The normalized spacial score (nSPS) is 10.5. The van der Waals surface area contributed by atoms with E-state index in [9.17, 15) is 0 Å². The highest BCUT2D eigenvalue weighted by atomic mass is 32.1. The molecule has 0 bridgehead atoms. The van der Waals surface area contributed by atoms with Gasteiger partial charge < -0.3 is 15.2 Å². The van der Waals surface area contributed by atoms with Crippen molar-refractivity contribution >= 4 is 11.3 Å². The Kier molecular flexibility index (Phi) is 4.76. The van der Waals surface area contributed by atoms with Gasteiger partial charge in [-0.25, -0.2) is 4.98 Å². The predicted molar refractivity (Wildman–Crippen MR) is 77.8 cm³/mol. The first-order valence-electron chi connectivity index (χ1n) is 6.24. The zero-order valence-electron chi connectivity index (χ0n) is 11.2. The molecule has 0 aliphatic heterocycles. The standard InChI is InChI=1S/C14H18N2O2S/c1-3-6-18-12-5-4-10(7-13(12)17-2)14-16-11(8-15)9-19-14/h4-5,7,9H,3,6,8,15H2,1-2H3. The lowest BCUT2D eigenvalue weighted by atomic mass is 10.2. The van der Waals surface area contributed by atoms with Crippen molar-refractivity contribution in [3.05, 3.63) is 29.3 Å². The molecule has 0 saturated heterocycles. The van der Waals surface area contributed by atoms with Gasteiger partial charge in [-0.15, -0.1) is 11.3 Å². The molecular weight excluding hydrogens is 260 g/mol. The summed E-state index contributed by atoms with van der Waals surface area (Å²) in [6.07, 6.45) is 0.969. The van der Waals surface area contributed by atoms with Crippen molar-refractivity contribution in [2.45, 2.75) is 19.9 Å². The molecule has 1 heterocycles. The van der Waals surface area contributed by atoms with E-state index in [2.05, 4.69) is 11.9 Å². The third-order valence-corrected chi connectivity index (χ3v) is 3.57. The first-order chi connectivity index (χ1) is 9.28. The van der Waals surface area contributed by atoms with Crippen LogP contribution in [0.15, 0.2) is 23.6 Å². The first kappa shape index (κ1) is 13.8. The Hall–Kier alpha value is -1.59. The van der Waals surface area contributed by atoms with Crippen molar-refractivity contribution in [2.24, 2.45) is 5.73 Å². The predicted octanol–water partition coefficient (Wildman–Crippen LogP) is 3.07. The van der Waals surface area contributed by atoms with E-state index in [-0.39, 0.29) is 0 Å². The maximum atomic E-state index is 5.63. The number of ether oxygens (including phenoxy) is 2. The molecule has 0 amide bonds. The fraction of sp³-hybridized carbons (Fsp3) is 0.357. The number of hydrogen-bond acceptors (Lipinski definition) is 5. The third-order valence-electron chi connectivity index (χ3n) is 2.63. The number of benzene rings is 1. The first-order valence-corrected chi connectivity index (χ1v) is 7.12. The number of rotatable bonds is 6. The van der Waals surface area contributed by atoms with Crippen LogP contribution in [0.5, 0.6) is 11.5 Å². The fourth-order valence-corrected chi connectivity index (χ4v) is 2.49. The molecule has 1 aromatic heterocycles. The molecule has 0 spiro atoms. The zero-order chi connectivity index (χ0) is 13.7. The molecule has 0 fully saturated rings. The lowest BCUT2D eigenvalue weighted by molar-refractivity contribution is 0.294. The summed E-state index contributed by atoms with van der Waals surface area (Å²) in [5, 5.41) is 2.92.